The Balaban J connectivity index is 2.34. The van der Waals surface area contributed by atoms with Crippen LogP contribution in [-0.2, 0) is 0 Å². The first kappa shape index (κ1) is 11.1. The summed E-state index contributed by atoms with van der Waals surface area (Å²) < 4.78 is 0. The largest absolute Gasteiger partial charge is 0.360 e. The van der Waals surface area contributed by atoms with Gasteiger partial charge in [0, 0.05) is 28.0 Å². The van der Waals surface area contributed by atoms with Crippen LogP contribution in [0.25, 0.3) is 17.0 Å². The molecule has 0 saturated carbocycles. The van der Waals surface area contributed by atoms with E-state index in [2.05, 4.69) is 33.1 Å². The molecule has 1 aromatic carbocycles. The number of aldehydes is 1. The Labute approximate surface area is 102 Å². The average molecular weight is 278 g/mol. The normalized spacial score (nSPS) is 11.3. The molecule has 0 bridgehead atoms. The number of aromatic amines is 1. The van der Waals surface area contributed by atoms with E-state index < -0.39 is 0 Å². The Bertz CT molecular complexity index is 528. The van der Waals surface area contributed by atoms with Gasteiger partial charge in [-0.05, 0) is 18.1 Å². The average Bonchev–Trinajstić information content (AvgIpc) is 2.71. The highest BCUT2D eigenvalue weighted by molar-refractivity contribution is 9.09. The van der Waals surface area contributed by atoms with Crippen molar-refractivity contribution in [3.63, 3.8) is 0 Å². The Morgan fingerprint density at radius 1 is 1.38 bits per heavy atom. The van der Waals surface area contributed by atoms with Gasteiger partial charge in [0.15, 0.2) is 6.29 Å². The molecular formula is C13H12BrNO. The van der Waals surface area contributed by atoms with Crippen molar-refractivity contribution < 1.29 is 4.79 Å². The lowest BCUT2D eigenvalue weighted by atomic mass is 10.1. The summed E-state index contributed by atoms with van der Waals surface area (Å²) in [4.78, 5) is 13.8. The minimum Gasteiger partial charge on any atom is -0.360 e. The number of H-pyrrole nitrogens is 1. The van der Waals surface area contributed by atoms with E-state index in [0.29, 0.717) is 5.56 Å². The van der Waals surface area contributed by atoms with Crippen LogP contribution in [0.3, 0.4) is 0 Å². The third-order valence-corrected chi connectivity index (χ3v) is 2.91. The molecule has 0 aliphatic rings. The molecule has 2 rings (SSSR count). The summed E-state index contributed by atoms with van der Waals surface area (Å²) in [5.74, 6) is 0. The van der Waals surface area contributed by atoms with E-state index >= 15 is 0 Å². The van der Waals surface area contributed by atoms with Crippen molar-refractivity contribution in [3.8, 4) is 0 Å². The van der Waals surface area contributed by atoms with Crippen LogP contribution in [0, 0.1) is 0 Å². The number of hydrogen-bond donors (Lipinski definition) is 1. The predicted octanol–water partition coefficient (Wildman–Crippen LogP) is 3.78. The molecule has 0 spiro atoms. The quantitative estimate of drug-likeness (QED) is 0.670. The van der Waals surface area contributed by atoms with E-state index in [1.54, 1.807) is 6.20 Å². The van der Waals surface area contributed by atoms with Crippen LogP contribution < -0.4 is 0 Å². The number of nitrogens with one attached hydrogen (secondary N) is 1. The smallest absolute Gasteiger partial charge is 0.152 e. The summed E-state index contributed by atoms with van der Waals surface area (Å²) in [6.07, 6.45) is 7.84. The highest BCUT2D eigenvalue weighted by Crippen LogP contribution is 2.19. The second-order valence-corrected chi connectivity index (χ2v) is 4.34. The fourth-order valence-corrected chi connectivity index (χ4v) is 1.91. The predicted molar refractivity (Wildman–Crippen MR) is 71.1 cm³/mol. The van der Waals surface area contributed by atoms with Crippen LogP contribution in [-0.4, -0.2) is 16.6 Å². The monoisotopic (exact) mass is 277 g/mol. The fraction of sp³-hybridized carbons (Fsp3) is 0.154. The zero-order valence-electron chi connectivity index (χ0n) is 8.74. The lowest BCUT2D eigenvalue weighted by molar-refractivity contribution is 0.112. The van der Waals surface area contributed by atoms with Crippen molar-refractivity contribution in [1.82, 2.24) is 4.98 Å². The van der Waals surface area contributed by atoms with Crippen LogP contribution in [0.15, 0.2) is 30.5 Å². The number of benzene rings is 1. The number of halogens is 1. The van der Waals surface area contributed by atoms with Crippen molar-refractivity contribution in [3.05, 3.63) is 41.6 Å². The van der Waals surface area contributed by atoms with Crippen LogP contribution in [0.5, 0.6) is 0 Å². The van der Waals surface area contributed by atoms with Gasteiger partial charge in [-0.2, -0.15) is 0 Å². The molecule has 0 unspecified atom stereocenters. The lowest BCUT2D eigenvalue weighted by Crippen LogP contribution is -1.76. The Kier molecular flexibility index (Phi) is 3.57. The summed E-state index contributed by atoms with van der Waals surface area (Å²) in [6, 6.07) is 6.05. The highest BCUT2D eigenvalue weighted by atomic mass is 79.9. The number of carbonyl (C=O) groups is 1. The molecule has 0 radical (unpaired) electrons. The minimum absolute atomic E-state index is 0.714. The molecule has 0 fully saturated rings. The first-order valence-corrected chi connectivity index (χ1v) is 6.26. The maximum absolute atomic E-state index is 10.7. The third-order valence-electron chi connectivity index (χ3n) is 2.45. The van der Waals surface area contributed by atoms with E-state index in [0.717, 1.165) is 34.5 Å². The second-order valence-electron chi connectivity index (χ2n) is 3.55. The van der Waals surface area contributed by atoms with Crippen LogP contribution in [0.1, 0.15) is 22.3 Å². The second kappa shape index (κ2) is 5.12. The van der Waals surface area contributed by atoms with E-state index in [1.165, 1.54) is 0 Å². The molecule has 1 aromatic heterocycles. The maximum Gasteiger partial charge on any atom is 0.152 e. The number of hydrogen-bond acceptors (Lipinski definition) is 1. The number of allylic oxidation sites excluding steroid dienone is 1. The van der Waals surface area contributed by atoms with Crippen LogP contribution in [0.2, 0.25) is 0 Å². The SMILES string of the molecule is O=Cc1c[nH]c2cc(C=CCCBr)ccc12. The molecule has 16 heavy (non-hydrogen) atoms. The standard InChI is InChI=1S/C13H12BrNO/c14-6-2-1-3-10-4-5-12-11(9-16)8-15-13(12)7-10/h1,3-5,7-9,15H,2,6H2. The minimum atomic E-state index is 0.714. The zero-order valence-corrected chi connectivity index (χ0v) is 10.3. The van der Waals surface area contributed by atoms with Crippen molar-refractivity contribution in [2.75, 3.05) is 5.33 Å². The fourth-order valence-electron chi connectivity index (χ4n) is 1.65. The zero-order chi connectivity index (χ0) is 11.4. The number of fused-ring (bicyclic) bond motifs is 1. The van der Waals surface area contributed by atoms with Gasteiger partial charge in [-0.15, -0.1) is 0 Å². The molecule has 0 aliphatic carbocycles. The van der Waals surface area contributed by atoms with Crippen molar-refractivity contribution in [2.24, 2.45) is 0 Å². The molecule has 0 saturated heterocycles. The van der Waals surface area contributed by atoms with Crippen LogP contribution >= 0.6 is 15.9 Å². The maximum atomic E-state index is 10.7. The molecular weight excluding hydrogens is 266 g/mol. The van der Waals surface area contributed by atoms with Crippen molar-refractivity contribution >= 4 is 39.2 Å². The molecule has 2 aromatic rings. The van der Waals surface area contributed by atoms with E-state index in [4.69, 9.17) is 0 Å². The molecule has 1 N–H and O–H groups in total. The number of alkyl halides is 1. The third kappa shape index (κ3) is 2.25. The number of rotatable bonds is 4. The van der Waals surface area contributed by atoms with Gasteiger partial charge in [-0.1, -0.05) is 40.2 Å². The Hall–Kier alpha value is -1.35. The first-order valence-electron chi connectivity index (χ1n) is 5.14. The molecule has 3 heteroatoms. The summed E-state index contributed by atoms with van der Waals surface area (Å²) >= 11 is 3.38. The van der Waals surface area contributed by atoms with Gasteiger partial charge >= 0.3 is 0 Å². The molecule has 1 heterocycles. The Morgan fingerprint density at radius 3 is 3.00 bits per heavy atom. The summed E-state index contributed by atoms with van der Waals surface area (Å²) in [5.41, 5.74) is 2.86. The summed E-state index contributed by atoms with van der Waals surface area (Å²) in [7, 11) is 0. The van der Waals surface area contributed by atoms with Gasteiger partial charge in [0.05, 0.1) is 0 Å². The summed E-state index contributed by atoms with van der Waals surface area (Å²) in [6.45, 7) is 0. The van der Waals surface area contributed by atoms with Gasteiger partial charge in [0.25, 0.3) is 0 Å². The van der Waals surface area contributed by atoms with Crippen LogP contribution in [0.4, 0.5) is 0 Å². The lowest BCUT2D eigenvalue weighted by Gasteiger charge is -1.95. The van der Waals surface area contributed by atoms with E-state index in [1.807, 2.05) is 18.2 Å². The first-order chi connectivity index (χ1) is 7.85. The summed E-state index contributed by atoms with van der Waals surface area (Å²) in [5, 5.41) is 1.96. The van der Waals surface area contributed by atoms with E-state index in [9.17, 15) is 4.79 Å². The van der Waals surface area contributed by atoms with Crippen molar-refractivity contribution in [2.45, 2.75) is 6.42 Å². The van der Waals surface area contributed by atoms with Gasteiger partial charge in [0.1, 0.15) is 0 Å². The Morgan fingerprint density at radius 2 is 2.25 bits per heavy atom. The van der Waals surface area contributed by atoms with Gasteiger partial charge in [0.2, 0.25) is 0 Å². The topological polar surface area (TPSA) is 32.9 Å². The number of carbonyl (C=O) groups excluding carboxylic acids is 1. The van der Waals surface area contributed by atoms with Crippen molar-refractivity contribution in [1.29, 1.82) is 0 Å². The molecule has 82 valence electrons. The number of aromatic nitrogens is 1. The van der Waals surface area contributed by atoms with Gasteiger partial charge in [-0.25, -0.2) is 0 Å². The van der Waals surface area contributed by atoms with E-state index in [-0.39, 0.29) is 0 Å². The molecule has 0 atom stereocenters. The van der Waals surface area contributed by atoms with Gasteiger partial charge in [-0.3, -0.25) is 4.79 Å². The molecule has 2 nitrogen and oxygen atoms in total. The van der Waals surface area contributed by atoms with Gasteiger partial charge < -0.3 is 4.98 Å². The highest BCUT2D eigenvalue weighted by Gasteiger charge is 2.01. The molecule has 0 aliphatic heterocycles. The molecule has 0 amide bonds.